The summed E-state index contributed by atoms with van der Waals surface area (Å²) in [6.45, 7) is 8.03. The number of hydrogen-bond acceptors (Lipinski definition) is 6. The fourth-order valence-corrected chi connectivity index (χ4v) is 5.44. The van der Waals surface area contributed by atoms with Crippen molar-refractivity contribution in [1.29, 1.82) is 0 Å². The second kappa shape index (κ2) is 8.18. The number of hydrogen-bond donors (Lipinski definition) is 0. The van der Waals surface area contributed by atoms with Gasteiger partial charge in [-0.25, -0.2) is 18.6 Å². The summed E-state index contributed by atoms with van der Waals surface area (Å²) in [7, 11) is -5.23. The minimum Gasteiger partial charge on any atom is -0.447 e. The number of fused-ring (bicyclic) bond motifs is 2. The average molecular weight is 413 g/mol. The zero-order chi connectivity index (χ0) is 20.4. The van der Waals surface area contributed by atoms with Crippen LogP contribution in [0, 0.1) is 15.7 Å². The summed E-state index contributed by atoms with van der Waals surface area (Å²) in [5.41, 5.74) is -0.339. The van der Waals surface area contributed by atoms with E-state index < -0.39 is 10.2 Å². The Labute approximate surface area is 163 Å². The first-order valence-corrected chi connectivity index (χ1v) is 10.7. The second-order valence-corrected chi connectivity index (χ2v) is 9.99. The van der Waals surface area contributed by atoms with E-state index in [0.29, 0.717) is 5.78 Å². The van der Waals surface area contributed by atoms with Gasteiger partial charge < -0.3 is 4.74 Å². The quantitative estimate of drug-likeness (QED) is 0.644. The van der Waals surface area contributed by atoms with Gasteiger partial charge in [-0.15, -0.1) is 10.2 Å². The van der Waals surface area contributed by atoms with Crippen molar-refractivity contribution in [2.24, 2.45) is 5.41 Å². The predicted molar refractivity (Wildman–Crippen MR) is 90.8 cm³/mol. The fraction of sp³-hybridized carbons (Fsp3) is 0.316. The third kappa shape index (κ3) is 5.68. The molecular weight excluding hydrogens is 392 g/mol. The molecule has 0 saturated heterocycles. The smallest absolute Gasteiger partial charge is 0.203 e. The van der Waals surface area contributed by atoms with Crippen molar-refractivity contribution < 1.29 is 38.4 Å². The first kappa shape index (κ1) is 21.7. The maximum Gasteiger partial charge on any atom is 0.203 e. The number of Topliss-reactive ketones (excluding diaryl/α,β-unsaturated/α-hetero) is 1. The molecule has 146 valence electrons. The predicted octanol–water partition coefficient (Wildman–Crippen LogP) is 0.0763. The van der Waals surface area contributed by atoms with E-state index in [1.165, 1.54) is 0 Å². The molecule has 6 nitrogen and oxygen atoms in total. The maximum absolute atomic E-state index is 12.8. The van der Waals surface area contributed by atoms with Crippen molar-refractivity contribution in [3.05, 3.63) is 48.5 Å². The lowest BCUT2D eigenvalue weighted by Crippen LogP contribution is -2.68. The number of carbonyl (C=O) groups is 1. The largest absolute Gasteiger partial charge is 0.447 e. The highest BCUT2D eigenvalue weighted by atomic mass is 35.7. The molecule has 2 aromatic rings. The van der Waals surface area contributed by atoms with E-state index in [0.717, 1.165) is 21.3 Å². The van der Waals surface area contributed by atoms with Crippen LogP contribution in [-0.4, -0.2) is 11.0 Å². The first-order chi connectivity index (χ1) is 12.4. The highest BCUT2D eigenvalue weighted by molar-refractivity contribution is 7.98. The van der Waals surface area contributed by atoms with Crippen LogP contribution in [0.3, 0.4) is 0 Å². The molecule has 0 spiro atoms. The van der Waals surface area contributed by atoms with Crippen molar-refractivity contribution >= 4 is 16.7 Å². The minimum atomic E-state index is -4.94. The van der Waals surface area contributed by atoms with E-state index in [9.17, 15) is 4.79 Å². The van der Waals surface area contributed by atoms with Crippen LogP contribution >= 0.6 is 0 Å². The molecule has 2 aromatic carbocycles. The molecule has 8 heteroatoms. The van der Waals surface area contributed by atoms with Crippen LogP contribution in [0.2, 0.25) is 0 Å². The van der Waals surface area contributed by atoms with Crippen LogP contribution in [-0.2, 0) is 15.7 Å². The Morgan fingerprint density at radius 3 is 1.67 bits per heavy atom. The standard InChI is InChI=1S/C19H21O2S.ClHO4/c1-13(18(20)19(2,3)4)22-16-11-7-5-9-14(16)21-15-10-6-8-12-17(15)22;2-1(3,4)5/h5-13H,1-4H3;(H,2,3,4,5)/q+1;/p-1. The Balaban J connectivity index is 0.000000465. The van der Waals surface area contributed by atoms with Gasteiger partial charge in [-0.2, -0.15) is 0 Å². The van der Waals surface area contributed by atoms with Gasteiger partial charge in [0.25, 0.3) is 0 Å². The monoisotopic (exact) mass is 412 g/mol. The summed E-state index contributed by atoms with van der Waals surface area (Å²) in [4.78, 5) is 15.1. The molecule has 3 rings (SSSR count). The molecule has 27 heavy (non-hydrogen) atoms. The second-order valence-electron chi connectivity index (χ2n) is 6.97. The van der Waals surface area contributed by atoms with E-state index in [-0.39, 0.29) is 21.6 Å². The molecule has 0 aliphatic carbocycles. The van der Waals surface area contributed by atoms with Crippen LogP contribution < -0.4 is 23.4 Å². The van der Waals surface area contributed by atoms with Gasteiger partial charge in [0.15, 0.2) is 22.5 Å². The first-order valence-electron chi connectivity index (χ1n) is 8.14. The molecule has 0 aromatic heterocycles. The van der Waals surface area contributed by atoms with E-state index in [2.05, 4.69) is 19.1 Å². The van der Waals surface area contributed by atoms with Crippen molar-refractivity contribution in [1.82, 2.24) is 0 Å². The zero-order valence-corrected chi connectivity index (χ0v) is 17.0. The minimum absolute atomic E-state index is 0.0637. The van der Waals surface area contributed by atoms with Crippen LogP contribution in [0.15, 0.2) is 58.3 Å². The summed E-state index contributed by atoms with van der Waals surface area (Å²) in [5.74, 6) is 2.04. The third-order valence-electron chi connectivity index (χ3n) is 3.85. The molecule has 1 heterocycles. The van der Waals surface area contributed by atoms with Crippen LogP contribution in [0.5, 0.6) is 11.5 Å². The van der Waals surface area contributed by atoms with Gasteiger partial charge in [-0.3, -0.25) is 4.79 Å². The fourth-order valence-electron chi connectivity index (χ4n) is 2.77. The van der Waals surface area contributed by atoms with Crippen molar-refractivity contribution in [2.75, 3.05) is 0 Å². The van der Waals surface area contributed by atoms with E-state index in [1.54, 1.807) is 0 Å². The molecule has 1 unspecified atom stereocenters. The molecule has 1 aliphatic heterocycles. The molecule has 0 amide bonds. The van der Waals surface area contributed by atoms with Gasteiger partial charge >= 0.3 is 0 Å². The van der Waals surface area contributed by atoms with Crippen molar-refractivity contribution in [3.63, 3.8) is 0 Å². The summed E-state index contributed by atoms with van der Waals surface area (Å²) in [6, 6.07) is 16.1. The van der Waals surface area contributed by atoms with Crippen LogP contribution in [0.25, 0.3) is 0 Å². The Bertz CT molecular complexity index is 761. The zero-order valence-electron chi connectivity index (χ0n) is 15.4. The lowest BCUT2D eigenvalue weighted by Gasteiger charge is -2.26. The molecule has 0 N–H and O–H groups in total. The van der Waals surface area contributed by atoms with Crippen molar-refractivity contribution in [2.45, 2.75) is 42.7 Å². The van der Waals surface area contributed by atoms with E-state index in [1.807, 2.05) is 57.2 Å². The highest BCUT2D eigenvalue weighted by Crippen LogP contribution is 2.46. The Morgan fingerprint density at radius 2 is 1.30 bits per heavy atom. The number of para-hydroxylation sites is 2. The van der Waals surface area contributed by atoms with Gasteiger partial charge in [0, 0.05) is 5.41 Å². The number of ketones is 1. The van der Waals surface area contributed by atoms with E-state index in [4.69, 9.17) is 23.4 Å². The van der Waals surface area contributed by atoms with E-state index >= 15 is 0 Å². The van der Waals surface area contributed by atoms with Crippen molar-refractivity contribution in [3.8, 4) is 11.5 Å². The Kier molecular flexibility index (Phi) is 6.57. The number of ether oxygens (including phenoxy) is 1. The summed E-state index contributed by atoms with van der Waals surface area (Å²) < 4.78 is 40.0. The van der Waals surface area contributed by atoms with Gasteiger partial charge in [0.1, 0.15) is 0 Å². The van der Waals surface area contributed by atoms with Crippen LogP contribution in [0.4, 0.5) is 0 Å². The summed E-state index contributed by atoms with van der Waals surface area (Å²) in [5, 5.41) is -0.0637. The molecule has 0 saturated carbocycles. The number of carbonyl (C=O) groups excluding carboxylic acids is 1. The molecular formula is C19H21ClO6S. The van der Waals surface area contributed by atoms with Gasteiger partial charge in [-0.05, 0) is 31.2 Å². The lowest BCUT2D eigenvalue weighted by molar-refractivity contribution is -2.00. The summed E-state index contributed by atoms with van der Waals surface area (Å²) in [6.07, 6.45) is 0. The SMILES string of the molecule is CC(C(=O)C(C)(C)C)[S+]1c2ccccc2Oc2ccccc21.[O-][Cl+3]([O-])([O-])[O-]. The Morgan fingerprint density at radius 1 is 0.926 bits per heavy atom. The topological polar surface area (TPSA) is 119 Å². The number of rotatable bonds is 2. The lowest BCUT2D eigenvalue weighted by atomic mass is 9.89. The Hall–Kier alpha value is -1.61. The number of halogens is 1. The molecule has 0 bridgehead atoms. The normalized spacial score (nSPS) is 14.8. The van der Waals surface area contributed by atoms with Gasteiger partial charge in [0.2, 0.25) is 9.79 Å². The molecule has 0 radical (unpaired) electrons. The highest BCUT2D eigenvalue weighted by Gasteiger charge is 2.46. The van der Waals surface area contributed by atoms with Gasteiger partial charge in [-0.1, -0.05) is 45.0 Å². The molecule has 1 aliphatic rings. The summed E-state index contributed by atoms with van der Waals surface area (Å²) >= 11 is 0. The third-order valence-corrected chi connectivity index (χ3v) is 6.40. The molecule has 1 atom stereocenters. The average Bonchev–Trinajstić information content (AvgIpc) is 2.56. The maximum atomic E-state index is 12.8. The number of benzene rings is 2. The van der Waals surface area contributed by atoms with Gasteiger partial charge in [0.05, 0.1) is 10.9 Å². The van der Waals surface area contributed by atoms with Crippen LogP contribution in [0.1, 0.15) is 27.7 Å². The molecule has 0 fully saturated rings.